The Bertz CT molecular complexity index is 1050. The molecule has 0 spiro atoms. The second-order valence-corrected chi connectivity index (χ2v) is 9.68. The van der Waals surface area contributed by atoms with Crippen LogP contribution in [0.25, 0.3) is 5.52 Å². The summed E-state index contributed by atoms with van der Waals surface area (Å²) in [5.74, 6) is 0.803. The van der Waals surface area contributed by atoms with Crippen molar-refractivity contribution >= 4 is 22.9 Å². The van der Waals surface area contributed by atoms with E-state index >= 15 is 0 Å². The lowest BCUT2D eigenvalue weighted by Crippen LogP contribution is -2.28. The Morgan fingerprint density at radius 2 is 1.54 bits per heavy atom. The number of halogens is 1. The third kappa shape index (κ3) is 7.35. The minimum absolute atomic E-state index is 0.00163. The Kier molecular flexibility index (Phi) is 11.2. The molecule has 5 heteroatoms. The zero-order chi connectivity index (χ0) is 25.0. The van der Waals surface area contributed by atoms with Crippen molar-refractivity contribution < 1.29 is 9.53 Å². The smallest absolute Gasteiger partial charge is 0.210 e. The van der Waals surface area contributed by atoms with E-state index in [1.807, 2.05) is 53.1 Å². The molecular weight excluding hydrogens is 456 g/mol. The lowest BCUT2D eigenvalue weighted by molar-refractivity contribution is 0.103. The molecule has 190 valence electrons. The number of nitrogens with zero attached hydrogens (tertiary/aromatic N) is 2. The number of aromatic nitrogens is 1. The molecule has 0 N–H and O–H groups in total. The van der Waals surface area contributed by atoms with Gasteiger partial charge in [0.05, 0.1) is 22.8 Å². The molecule has 0 aliphatic rings. The molecule has 0 saturated carbocycles. The van der Waals surface area contributed by atoms with Crippen molar-refractivity contribution in [3.8, 4) is 5.75 Å². The first-order valence-corrected chi connectivity index (χ1v) is 13.8. The van der Waals surface area contributed by atoms with Gasteiger partial charge in [-0.3, -0.25) is 4.79 Å². The van der Waals surface area contributed by atoms with E-state index in [2.05, 4.69) is 25.7 Å². The van der Waals surface area contributed by atoms with Crippen LogP contribution in [0.5, 0.6) is 5.75 Å². The van der Waals surface area contributed by atoms with Crippen LogP contribution in [0.2, 0.25) is 5.02 Å². The number of unbranched alkanes of at least 4 members (excludes halogenated alkanes) is 3. The van der Waals surface area contributed by atoms with Crippen molar-refractivity contribution in [3.63, 3.8) is 0 Å². The largest absolute Gasteiger partial charge is 0.494 e. The van der Waals surface area contributed by atoms with Gasteiger partial charge >= 0.3 is 0 Å². The first kappa shape index (κ1) is 27.3. The lowest BCUT2D eigenvalue weighted by atomic mass is 10.0. The highest BCUT2D eigenvalue weighted by Crippen LogP contribution is 2.31. The average Bonchev–Trinajstić information content (AvgIpc) is 3.17. The molecule has 4 nitrogen and oxygen atoms in total. The van der Waals surface area contributed by atoms with Gasteiger partial charge in [0.2, 0.25) is 5.78 Å². The quantitative estimate of drug-likeness (QED) is 0.149. The number of fused-ring (bicyclic) bond motifs is 1. The fraction of sp³-hybridized carbons (Fsp3) is 0.500. The van der Waals surface area contributed by atoms with Gasteiger partial charge in [0.25, 0.3) is 0 Å². The summed E-state index contributed by atoms with van der Waals surface area (Å²) in [4.78, 5) is 16.1. The summed E-state index contributed by atoms with van der Waals surface area (Å²) >= 11 is 6.71. The molecule has 0 atom stereocenters. The highest BCUT2D eigenvalue weighted by atomic mass is 35.5. The number of carbonyl (C=O) groups is 1. The van der Waals surface area contributed by atoms with Crippen LogP contribution < -0.4 is 4.74 Å². The summed E-state index contributed by atoms with van der Waals surface area (Å²) in [6.07, 6.45) is 10.7. The zero-order valence-corrected chi connectivity index (χ0v) is 22.4. The minimum Gasteiger partial charge on any atom is -0.494 e. The third-order valence-corrected chi connectivity index (χ3v) is 6.95. The average molecular weight is 497 g/mol. The molecule has 3 rings (SSSR count). The van der Waals surface area contributed by atoms with E-state index in [4.69, 9.17) is 16.3 Å². The van der Waals surface area contributed by atoms with Crippen LogP contribution in [0.1, 0.15) is 87.3 Å². The number of pyridine rings is 1. The van der Waals surface area contributed by atoms with E-state index < -0.39 is 0 Å². The fourth-order valence-corrected chi connectivity index (χ4v) is 4.80. The number of carbonyl (C=O) groups excluding carboxylic acids is 1. The van der Waals surface area contributed by atoms with E-state index in [1.54, 1.807) is 0 Å². The number of hydrogen-bond donors (Lipinski definition) is 0. The van der Waals surface area contributed by atoms with E-state index in [9.17, 15) is 4.79 Å². The summed E-state index contributed by atoms with van der Waals surface area (Å²) < 4.78 is 7.93. The maximum absolute atomic E-state index is 13.6. The Hall–Kier alpha value is -2.30. The summed E-state index contributed by atoms with van der Waals surface area (Å²) in [7, 11) is 0. The first-order chi connectivity index (χ1) is 17.1. The van der Waals surface area contributed by atoms with Crippen LogP contribution in [0.15, 0.2) is 48.7 Å². The Morgan fingerprint density at radius 3 is 2.20 bits per heavy atom. The number of rotatable bonds is 16. The topological polar surface area (TPSA) is 34.0 Å². The van der Waals surface area contributed by atoms with E-state index in [0.717, 1.165) is 49.1 Å². The molecular formula is C30H41ClN2O2. The van der Waals surface area contributed by atoms with Gasteiger partial charge in [0.1, 0.15) is 5.75 Å². The van der Waals surface area contributed by atoms with Crippen molar-refractivity contribution in [3.05, 3.63) is 70.5 Å². The third-order valence-electron chi connectivity index (χ3n) is 6.53. The van der Waals surface area contributed by atoms with Gasteiger partial charge in [-0.05, 0) is 81.6 Å². The SMILES string of the molecule is CCCCc1c(Cl)c2ccccn2c1C(=O)c1ccc(OCCCN(CCCC)CCCC)cc1. The maximum atomic E-state index is 13.6. The highest BCUT2D eigenvalue weighted by Gasteiger charge is 2.23. The molecule has 0 bridgehead atoms. The Morgan fingerprint density at radius 1 is 0.886 bits per heavy atom. The minimum atomic E-state index is -0.00163. The normalized spacial score (nSPS) is 11.5. The van der Waals surface area contributed by atoms with Gasteiger partial charge in [-0.2, -0.15) is 0 Å². The zero-order valence-electron chi connectivity index (χ0n) is 21.7. The monoisotopic (exact) mass is 496 g/mol. The molecule has 35 heavy (non-hydrogen) atoms. The molecule has 3 aromatic rings. The van der Waals surface area contributed by atoms with E-state index in [1.165, 1.54) is 38.8 Å². The molecule has 0 aliphatic heterocycles. The van der Waals surface area contributed by atoms with Crippen molar-refractivity contribution in [2.75, 3.05) is 26.2 Å². The maximum Gasteiger partial charge on any atom is 0.210 e. The van der Waals surface area contributed by atoms with Gasteiger partial charge in [0.15, 0.2) is 0 Å². The molecule has 0 aliphatic carbocycles. The number of ether oxygens (including phenoxy) is 1. The summed E-state index contributed by atoms with van der Waals surface area (Å²) in [6.45, 7) is 10.7. The second-order valence-electron chi connectivity index (χ2n) is 9.30. The van der Waals surface area contributed by atoms with Gasteiger partial charge in [-0.15, -0.1) is 0 Å². The van der Waals surface area contributed by atoms with Crippen molar-refractivity contribution in [2.24, 2.45) is 0 Å². The number of ketones is 1. The van der Waals surface area contributed by atoms with Crippen molar-refractivity contribution in [2.45, 2.75) is 72.1 Å². The van der Waals surface area contributed by atoms with E-state index in [-0.39, 0.29) is 5.78 Å². The fourth-order valence-electron chi connectivity index (χ4n) is 4.47. The predicted octanol–water partition coefficient (Wildman–Crippen LogP) is 7.84. The number of hydrogen-bond acceptors (Lipinski definition) is 3. The molecule has 0 saturated heterocycles. The van der Waals surface area contributed by atoms with Crippen LogP contribution in [0.3, 0.4) is 0 Å². The summed E-state index contributed by atoms with van der Waals surface area (Å²) in [6, 6.07) is 13.4. The molecule has 2 heterocycles. The van der Waals surface area contributed by atoms with Gasteiger partial charge in [-0.1, -0.05) is 57.7 Å². The molecule has 0 radical (unpaired) electrons. The highest BCUT2D eigenvalue weighted by molar-refractivity contribution is 6.35. The summed E-state index contributed by atoms with van der Waals surface area (Å²) in [5.41, 5.74) is 3.16. The van der Waals surface area contributed by atoms with Crippen molar-refractivity contribution in [1.82, 2.24) is 9.30 Å². The Labute approximate surface area is 216 Å². The summed E-state index contributed by atoms with van der Waals surface area (Å²) in [5, 5.41) is 0.689. The van der Waals surface area contributed by atoms with E-state index in [0.29, 0.717) is 22.9 Å². The van der Waals surface area contributed by atoms with Crippen LogP contribution in [-0.2, 0) is 6.42 Å². The van der Waals surface area contributed by atoms with Gasteiger partial charge in [0, 0.05) is 23.9 Å². The van der Waals surface area contributed by atoms with Crippen LogP contribution in [-0.4, -0.2) is 41.3 Å². The van der Waals surface area contributed by atoms with Gasteiger partial charge in [-0.25, -0.2) is 0 Å². The molecule has 1 aromatic carbocycles. The van der Waals surface area contributed by atoms with Crippen molar-refractivity contribution in [1.29, 1.82) is 0 Å². The lowest BCUT2D eigenvalue weighted by Gasteiger charge is -2.21. The van der Waals surface area contributed by atoms with Crippen LogP contribution in [0.4, 0.5) is 0 Å². The second kappa shape index (κ2) is 14.3. The standard InChI is InChI=1S/C30H41ClN2O2/c1-4-7-13-26-28(31)27-14-10-11-22-33(27)29(26)30(34)24-15-17-25(18-16-24)35-23-12-21-32(19-8-5-2)20-9-6-3/h10-11,14-18,22H,4-9,12-13,19-21,23H2,1-3H3. The van der Waals surface area contributed by atoms with Crippen LogP contribution >= 0.6 is 11.6 Å². The molecule has 0 fully saturated rings. The first-order valence-electron chi connectivity index (χ1n) is 13.4. The molecule has 2 aromatic heterocycles. The molecule has 0 unspecified atom stereocenters. The molecule has 0 amide bonds. The number of benzene rings is 1. The Balaban J connectivity index is 1.64. The predicted molar refractivity (Wildman–Crippen MR) is 147 cm³/mol. The van der Waals surface area contributed by atoms with Gasteiger partial charge < -0.3 is 14.0 Å². The van der Waals surface area contributed by atoms with Crippen LogP contribution in [0, 0.1) is 0 Å².